The summed E-state index contributed by atoms with van der Waals surface area (Å²) in [4.78, 5) is 11.5. The minimum Gasteiger partial charge on any atom is -0.352 e. The summed E-state index contributed by atoms with van der Waals surface area (Å²) < 4.78 is 38.7. The molecule has 0 aliphatic carbocycles. The monoisotopic (exact) mass is 282 g/mol. The van der Waals surface area contributed by atoms with Crippen LogP contribution in [0.25, 0.3) is 0 Å². The number of nitrogens with two attached hydrogens (primary N) is 1. The Bertz CT molecular complexity index is 429. The predicted molar refractivity (Wildman–Crippen MR) is 64.1 cm³/mol. The van der Waals surface area contributed by atoms with Gasteiger partial charge in [0.15, 0.2) is 17.5 Å². The van der Waals surface area contributed by atoms with E-state index in [1.54, 1.807) is 6.92 Å². The van der Waals surface area contributed by atoms with Crippen LogP contribution in [0.2, 0.25) is 0 Å². The minimum absolute atomic E-state index is 0. The third-order valence-electron chi connectivity index (χ3n) is 2.29. The molecule has 0 spiro atoms. The Hall–Kier alpha value is -1.27. The second kappa shape index (κ2) is 7.23. The zero-order valence-electron chi connectivity index (χ0n) is 9.67. The maximum Gasteiger partial charge on any atom is 0.254 e. The van der Waals surface area contributed by atoms with Crippen LogP contribution in [0.1, 0.15) is 17.3 Å². The molecule has 0 bridgehead atoms. The Morgan fingerprint density at radius 2 is 1.94 bits per heavy atom. The lowest BCUT2D eigenvalue weighted by Crippen LogP contribution is -2.32. The highest BCUT2D eigenvalue weighted by atomic mass is 35.5. The largest absolute Gasteiger partial charge is 0.352 e. The zero-order valence-corrected chi connectivity index (χ0v) is 10.5. The Labute approximate surface area is 109 Å². The summed E-state index contributed by atoms with van der Waals surface area (Å²) in [6.45, 7) is 2.40. The lowest BCUT2D eigenvalue weighted by atomic mass is 10.1. The van der Waals surface area contributed by atoms with E-state index in [-0.39, 0.29) is 24.9 Å². The SMILES string of the molecule is CC(CN)CNC(=O)c1ccc(F)c(F)c1F.Cl. The van der Waals surface area contributed by atoms with Crippen molar-refractivity contribution in [3.05, 3.63) is 35.1 Å². The summed E-state index contributed by atoms with van der Waals surface area (Å²) >= 11 is 0. The first-order valence-corrected chi connectivity index (χ1v) is 5.09. The van der Waals surface area contributed by atoms with Gasteiger partial charge >= 0.3 is 0 Å². The van der Waals surface area contributed by atoms with Crippen LogP contribution in [0, 0.1) is 23.4 Å². The maximum absolute atomic E-state index is 13.2. The normalized spacial score (nSPS) is 11.6. The molecular formula is C11H14ClF3N2O. The number of carbonyl (C=O) groups is 1. The van der Waals surface area contributed by atoms with Gasteiger partial charge in [-0.15, -0.1) is 12.4 Å². The van der Waals surface area contributed by atoms with E-state index in [2.05, 4.69) is 5.32 Å². The van der Waals surface area contributed by atoms with Crippen LogP contribution in [0.15, 0.2) is 12.1 Å². The van der Waals surface area contributed by atoms with Crippen molar-refractivity contribution in [2.45, 2.75) is 6.92 Å². The maximum atomic E-state index is 13.2. The average molecular weight is 283 g/mol. The molecule has 1 aromatic carbocycles. The lowest BCUT2D eigenvalue weighted by molar-refractivity contribution is 0.0943. The Kier molecular flexibility index (Phi) is 6.72. The second-order valence-electron chi connectivity index (χ2n) is 3.77. The highest BCUT2D eigenvalue weighted by molar-refractivity contribution is 5.94. The molecule has 0 saturated carbocycles. The molecule has 0 aliphatic heterocycles. The molecule has 0 radical (unpaired) electrons. The molecule has 7 heteroatoms. The molecule has 3 N–H and O–H groups in total. The van der Waals surface area contributed by atoms with Crippen LogP contribution >= 0.6 is 12.4 Å². The van der Waals surface area contributed by atoms with Crippen LogP contribution in [0.4, 0.5) is 13.2 Å². The van der Waals surface area contributed by atoms with E-state index in [9.17, 15) is 18.0 Å². The summed E-state index contributed by atoms with van der Waals surface area (Å²) in [5, 5.41) is 2.39. The molecule has 0 saturated heterocycles. The van der Waals surface area contributed by atoms with Gasteiger partial charge in [0.1, 0.15) is 0 Å². The third-order valence-corrected chi connectivity index (χ3v) is 2.29. The summed E-state index contributed by atoms with van der Waals surface area (Å²) in [6, 6.07) is 1.61. The number of hydrogen-bond acceptors (Lipinski definition) is 2. The summed E-state index contributed by atoms with van der Waals surface area (Å²) in [7, 11) is 0. The van der Waals surface area contributed by atoms with Crippen molar-refractivity contribution in [1.82, 2.24) is 5.32 Å². The molecular weight excluding hydrogens is 269 g/mol. The number of carbonyl (C=O) groups excluding carboxylic acids is 1. The third kappa shape index (κ3) is 3.89. The molecule has 0 aromatic heterocycles. The summed E-state index contributed by atoms with van der Waals surface area (Å²) in [5.41, 5.74) is 4.82. The number of hydrogen-bond donors (Lipinski definition) is 2. The molecule has 18 heavy (non-hydrogen) atoms. The van der Waals surface area contributed by atoms with Gasteiger partial charge in [0, 0.05) is 6.54 Å². The standard InChI is InChI=1S/C11H13F3N2O.ClH/c1-6(4-15)5-16-11(17)7-2-3-8(12)10(14)9(7)13;/h2-3,6H,4-5,15H2,1H3,(H,16,17);1H. The van der Waals surface area contributed by atoms with Crippen molar-refractivity contribution >= 4 is 18.3 Å². The van der Waals surface area contributed by atoms with Gasteiger partial charge in [0.25, 0.3) is 5.91 Å². The van der Waals surface area contributed by atoms with E-state index in [0.29, 0.717) is 12.6 Å². The smallest absolute Gasteiger partial charge is 0.254 e. The van der Waals surface area contributed by atoms with Crippen molar-refractivity contribution in [2.24, 2.45) is 11.7 Å². The molecule has 0 heterocycles. The molecule has 3 nitrogen and oxygen atoms in total. The molecule has 1 rings (SSSR count). The molecule has 102 valence electrons. The number of halogens is 4. The van der Waals surface area contributed by atoms with Gasteiger partial charge in [-0.1, -0.05) is 6.92 Å². The van der Waals surface area contributed by atoms with Crippen LogP contribution < -0.4 is 11.1 Å². The van der Waals surface area contributed by atoms with Crippen LogP contribution in [-0.2, 0) is 0 Å². The van der Waals surface area contributed by atoms with Gasteiger partial charge in [-0.25, -0.2) is 13.2 Å². The van der Waals surface area contributed by atoms with Gasteiger partial charge in [-0.3, -0.25) is 4.79 Å². The summed E-state index contributed by atoms with van der Waals surface area (Å²) in [6.07, 6.45) is 0. The van der Waals surface area contributed by atoms with Crippen molar-refractivity contribution < 1.29 is 18.0 Å². The first kappa shape index (κ1) is 16.7. The Morgan fingerprint density at radius 1 is 1.33 bits per heavy atom. The van der Waals surface area contributed by atoms with Crippen molar-refractivity contribution in [3.63, 3.8) is 0 Å². The van der Waals surface area contributed by atoms with Gasteiger partial charge in [-0.2, -0.15) is 0 Å². The molecule has 0 aliphatic rings. The van der Waals surface area contributed by atoms with Crippen molar-refractivity contribution in [3.8, 4) is 0 Å². The fourth-order valence-electron chi connectivity index (χ4n) is 1.15. The van der Waals surface area contributed by atoms with Crippen molar-refractivity contribution in [2.75, 3.05) is 13.1 Å². The van der Waals surface area contributed by atoms with E-state index >= 15 is 0 Å². The average Bonchev–Trinajstić information content (AvgIpc) is 2.32. The van der Waals surface area contributed by atoms with Gasteiger partial charge in [0.2, 0.25) is 0 Å². The first-order valence-electron chi connectivity index (χ1n) is 5.09. The predicted octanol–water partition coefficient (Wildman–Crippen LogP) is 1.85. The summed E-state index contributed by atoms with van der Waals surface area (Å²) in [5.74, 6) is -5.23. The quantitative estimate of drug-likeness (QED) is 0.828. The molecule has 1 amide bonds. The number of nitrogens with one attached hydrogen (secondary N) is 1. The Morgan fingerprint density at radius 3 is 2.50 bits per heavy atom. The molecule has 0 fully saturated rings. The zero-order chi connectivity index (χ0) is 13.0. The van der Waals surface area contributed by atoms with Gasteiger partial charge < -0.3 is 11.1 Å². The van der Waals surface area contributed by atoms with Crippen LogP contribution in [0.5, 0.6) is 0 Å². The van der Waals surface area contributed by atoms with E-state index < -0.39 is 28.9 Å². The highest BCUT2D eigenvalue weighted by Crippen LogP contribution is 2.14. The number of amides is 1. The van der Waals surface area contributed by atoms with Crippen LogP contribution in [-0.4, -0.2) is 19.0 Å². The van der Waals surface area contributed by atoms with E-state index in [0.717, 1.165) is 6.07 Å². The fraction of sp³-hybridized carbons (Fsp3) is 0.364. The molecule has 1 unspecified atom stereocenters. The fourth-order valence-corrected chi connectivity index (χ4v) is 1.15. The molecule has 1 atom stereocenters. The van der Waals surface area contributed by atoms with E-state index in [1.165, 1.54) is 0 Å². The topological polar surface area (TPSA) is 55.1 Å². The molecule has 1 aromatic rings. The number of rotatable bonds is 4. The second-order valence-corrected chi connectivity index (χ2v) is 3.77. The Balaban J connectivity index is 0.00000289. The lowest BCUT2D eigenvalue weighted by Gasteiger charge is -2.10. The highest BCUT2D eigenvalue weighted by Gasteiger charge is 2.18. The van der Waals surface area contributed by atoms with Gasteiger partial charge in [-0.05, 0) is 24.6 Å². The van der Waals surface area contributed by atoms with Crippen molar-refractivity contribution in [1.29, 1.82) is 0 Å². The van der Waals surface area contributed by atoms with E-state index in [4.69, 9.17) is 5.73 Å². The van der Waals surface area contributed by atoms with E-state index in [1.807, 2.05) is 0 Å². The van der Waals surface area contributed by atoms with Gasteiger partial charge in [0.05, 0.1) is 5.56 Å². The van der Waals surface area contributed by atoms with Crippen LogP contribution in [0.3, 0.4) is 0 Å². The first-order chi connectivity index (χ1) is 7.97. The minimum atomic E-state index is -1.65. The number of benzene rings is 1.